The molecule has 0 saturated heterocycles. The van der Waals surface area contributed by atoms with E-state index in [0.717, 1.165) is 5.69 Å². The number of carbonyl (C=O) groups excluding carboxylic acids is 2. The molecule has 110 valence electrons. The molecule has 0 bridgehead atoms. The Labute approximate surface area is 123 Å². The molecule has 0 unspecified atom stereocenters. The number of methoxy groups -OCH3 is 1. The summed E-state index contributed by atoms with van der Waals surface area (Å²) in [6.45, 7) is 0.333. The largest absolute Gasteiger partial charge is 0.469 e. The Morgan fingerprint density at radius 1 is 1.19 bits per heavy atom. The summed E-state index contributed by atoms with van der Waals surface area (Å²) in [6.07, 6.45) is 4.03. The van der Waals surface area contributed by atoms with E-state index in [1.807, 2.05) is 47.3 Å². The SMILES string of the molecule is COC(=O)CCN(C)C(=O)c1cccc(-n2cccc2)c1. The lowest BCUT2D eigenvalue weighted by Gasteiger charge is -2.17. The number of hydrogen-bond donors (Lipinski definition) is 0. The Bertz CT molecular complexity index is 620. The average Bonchev–Trinajstić information content (AvgIpc) is 3.06. The topological polar surface area (TPSA) is 51.5 Å². The molecule has 0 aliphatic heterocycles. The molecule has 1 aromatic carbocycles. The zero-order valence-corrected chi connectivity index (χ0v) is 12.2. The number of nitrogens with zero attached hydrogens (tertiary/aromatic N) is 2. The molecule has 1 aromatic heterocycles. The summed E-state index contributed by atoms with van der Waals surface area (Å²) in [5.74, 6) is -0.441. The minimum absolute atomic E-state index is 0.118. The molecule has 0 radical (unpaired) electrons. The third-order valence-electron chi connectivity index (χ3n) is 3.22. The molecule has 0 aliphatic rings. The van der Waals surface area contributed by atoms with Gasteiger partial charge in [0.25, 0.3) is 5.91 Å². The highest BCUT2D eigenvalue weighted by Crippen LogP contribution is 2.12. The van der Waals surface area contributed by atoms with Crippen LogP contribution < -0.4 is 0 Å². The highest BCUT2D eigenvalue weighted by Gasteiger charge is 2.13. The van der Waals surface area contributed by atoms with Crippen LogP contribution >= 0.6 is 0 Å². The number of hydrogen-bond acceptors (Lipinski definition) is 3. The molecule has 5 heteroatoms. The number of amides is 1. The Morgan fingerprint density at radius 2 is 1.90 bits per heavy atom. The van der Waals surface area contributed by atoms with Crippen molar-refractivity contribution >= 4 is 11.9 Å². The molecule has 5 nitrogen and oxygen atoms in total. The van der Waals surface area contributed by atoms with E-state index in [9.17, 15) is 9.59 Å². The van der Waals surface area contributed by atoms with Crippen LogP contribution in [0.15, 0.2) is 48.8 Å². The van der Waals surface area contributed by atoms with Crippen molar-refractivity contribution < 1.29 is 14.3 Å². The lowest BCUT2D eigenvalue weighted by Crippen LogP contribution is -2.29. The first-order chi connectivity index (χ1) is 10.1. The third-order valence-corrected chi connectivity index (χ3v) is 3.22. The van der Waals surface area contributed by atoms with E-state index in [2.05, 4.69) is 4.74 Å². The number of aromatic nitrogens is 1. The summed E-state index contributed by atoms with van der Waals surface area (Å²) in [5, 5.41) is 0. The van der Waals surface area contributed by atoms with E-state index < -0.39 is 0 Å². The van der Waals surface area contributed by atoms with Crippen LogP contribution in [-0.2, 0) is 9.53 Å². The van der Waals surface area contributed by atoms with Gasteiger partial charge in [-0.15, -0.1) is 0 Å². The monoisotopic (exact) mass is 286 g/mol. The van der Waals surface area contributed by atoms with Crippen molar-refractivity contribution in [2.45, 2.75) is 6.42 Å². The van der Waals surface area contributed by atoms with Crippen LogP contribution in [0.2, 0.25) is 0 Å². The first kappa shape index (κ1) is 14.8. The summed E-state index contributed by atoms with van der Waals surface area (Å²) < 4.78 is 6.51. The smallest absolute Gasteiger partial charge is 0.307 e. The molecule has 1 heterocycles. The molecule has 0 fully saturated rings. The van der Waals surface area contributed by atoms with Crippen LogP contribution in [0.4, 0.5) is 0 Å². The second-order valence-electron chi connectivity index (χ2n) is 4.69. The van der Waals surface area contributed by atoms with E-state index in [0.29, 0.717) is 12.1 Å². The van der Waals surface area contributed by atoms with Gasteiger partial charge in [0.2, 0.25) is 0 Å². The molecule has 0 aliphatic carbocycles. The van der Waals surface area contributed by atoms with Gasteiger partial charge in [0, 0.05) is 37.2 Å². The van der Waals surface area contributed by atoms with Gasteiger partial charge >= 0.3 is 5.97 Å². The van der Waals surface area contributed by atoms with Crippen molar-refractivity contribution in [3.63, 3.8) is 0 Å². The van der Waals surface area contributed by atoms with Crippen molar-refractivity contribution in [1.82, 2.24) is 9.47 Å². The second-order valence-corrected chi connectivity index (χ2v) is 4.69. The van der Waals surface area contributed by atoms with Crippen LogP contribution in [0.1, 0.15) is 16.8 Å². The molecular formula is C16H18N2O3. The van der Waals surface area contributed by atoms with E-state index in [1.54, 1.807) is 13.1 Å². The summed E-state index contributed by atoms with van der Waals surface area (Å²) >= 11 is 0. The van der Waals surface area contributed by atoms with Crippen molar-refractivity contribution in [2.24, 2.45) is 0 Å². The van der Waals surface area contributed by atoms with Crippen LogP contribution in [0.3, 0.4) is 0 Å². The number of carbonyl (C=O) groups is 2. The normalized spacial score (nSPS) is 10.2. The molecule has 21 heavy (non-hydrogen) atoms. The number of esters is 1. The lowest BCUT2D eigenvalue weighted by molar-refractivity contribution is -0.140. The highest BCUT2D eigenvalue weighted by molar-refractivity contribution is 5.94. The van der Waals surface area contributed by atoms with E-state index in [1.165, 1.54) is 12.0 Å². The summed E-state index contributed by atoms with van der Waals surface area (Å²) in [5.41, 5.74) is 1.51. The second kappa shape index (κ2) is 6.74. The molecule has 1 amide bonds. The Morgan fingerprint density at radius 3 is 2.57 bits per heavy atom. The van der Waals surface area contributed by atoms with Gasteiger partial charge < -0.3 is 14.2 Å². The molecule has 0 saturated carbocycles. The molecule has 0 atom stereocenters. The standard InChI is InChI=1S/C16H18N2O3/c1-17(11-8-15(19)21-2)16(20)13-6-5-7-14(12-13)18-9-3-4-10-18/h3-7,9-10,12H,8,11H2,1-2H3. The summed E-state index contributed by atoms with van der Waals surface area (Å²) in [7, 11) is 3.01. The predicted octanol–water partition coefficient (Wildman–Crippen LogP) is 2.11. The number of benzene rings is 1. The maximum Gasteiger partial charge on any atom is 0.307 e. The maximum absolute atomic E-state index is 12.3. The van der Waals surface area contributed by atoms with E-state index in [-0.39, 0.29) is 18.3 Å². The van der Waals surface area contributed by atoms with Gasteiger partial charge in [-0.2, -0.15) is 0 Å². The van der Waals surface area contributed by atoms with Crippen LogP contribution in [0, 0.1) is 0 Å². The predicted molar refractivity (Wildman–Crippen MR) is 79.4 cm³/mol. The average molecular weight is 286 g/mol. The number of rotatable bonds is 5. The van der Waals surface area contributed by atoms with Crippen molar-refractivity contribution in [3.8, 4) is 5.69 Å². The Hall–Kier alpha value is -2.56. The van der Waals surface area contributed by atoms with Gasteiger partial charge in [-0.3, -0.25) is 9.59 Å². The van der Waals surface area contributed by atoms with Crippen molar-refractivity contribution in [3.05, 3.63) is 54.4 Å². The first-order valence-electron chi connectivity index (χ1n) is 6.67. The quantitative estimate of drug-likeness (QED) is 0.791. The summed E-state index contributed by atoms with van der Waals surface area (Å²) in [6, 6.07) is 11.2. The Balaban J connectivity index is 2.09. The van der Waals surface area contributed by atoms with Crippen molar-refractivity contribution in [2.75, 3.05) is 20.7 Å². The summed E-state index contributed by atoms with van der Waals surface area (Å²) in [4.78, 5) is 25.0. The fraction of sp³-hybridized carbons (Fsp3) is 0.250. The zero-order chi connectivity index (χ0) is 15.2. The molecular weight excluding hydrogens is 268 g/mol. The molecule has 2 rings (SSSR count). The fourth-order valence-electron chi connectivity index (χ4n) is 1.99. The fourth-order valence-corrected chi connectivity index (χ4v) is 1.99. The molecule has 0 N–H and O–H groups in total. The number of ether oxygens (including phenoxy) is 1. The van der Waals surface area contributed by atoms with E-state index >= 15 is 0 Å². The minimum Gasteiger partial charge on any atom is -0.469 e. The Kier molecular flexibility index (Phi) is 4.77. The molecule has 2 aromatic rings. The minimum atomic E-state index is -0.323. The van der Waals surface area contributed by atoms with Crippen molar-refractivity contribution in [1.29, 1.82) is 0 Å². The van der Waals surface area contributed by atoms with Gasteiger partial charge in [0.05, 0.1) is 13.5 Å². The van der Waals surface area contributed by atoms with Gasteiger partial charge in [-0.05, 0) is 30.3 Å². The highest BCUT2D eigenvalue weighted by atomic mass is 16.5. The van der Waals surface area contributed by atoms with Gasteiger partial charge in [-0.1, -0.05) is 6.07 Å². The zero-order valence-electron chi connectivity index (χ0n) is 12.2. The van der Waals surface area contributed by atoms with E-state index in [4.69, 9.17) is 0 Å². The first-order valence-corrected chi connectivity index (χ1v) is 6.67. The van der Waals surface area contributed by atoms with Crippen LogP contribution in [0.25, 0.3) is 5.69 Å². The van der Waals surface area contributed by atoms with Gasteiger partial charge in [0.1, 0.15) is 0 Å². The maximum atomic E-state index is 12.3. The third kappa shape index (κ3) is 3.72. The van der Waals surface area contributed by atoms with Gasteiger partial charge in [-0.25, -0.2) is 0 Å². The lowest BCUT2D eigenvalue weighted by atomic mass is 10.1. The molecule has 0 spiro atoms. The van der Waals surface area contributed by atoms with Gasteiger partial charge in [0.15, 0.2) is 0 Å². The van der Waals surface area contributed by atoms with Crippen LogP contribution in [0.5, 0.6) is 0 Å². The van der Waals surface area contributed by atoms with Crippen LogP contribution in [-0.4, -0.2) is 42.0 Å².